The van der Waals surface area contributed by atoms with Crippen LogP contribution in [0.25, 0.3) is 0 Å². The molecule has 5 nitrogen and oxygen atoms in total. The van der Waals surface area contributed by atoms with E-state index in [4.69, 9.17) is 15.7 Å². The highest BCUT2D eigenvalue weighted by Crippen LogP contribution is 2.05. The first-order chi connectivity index (χ1) is 5.85. The van der Waals surface area contributed by atoms with Crippen molar-refractivity contribution in [3.63, 3.8) is 0 Å². The lowest BCUT2D eigenvalue weighted by Crippen LogP contribution is -2.39. The van der Waals surface area contributed by atoms with Crippen molar-refractivity contribution < 1.29 is 9.53 Å². The molecule has 0 radical (unpaired) electrons. The Bertz CT molecular complexity index is 214. The highest BCUT2D eigenvalue weighted by atomic mass is 16.6. The number of nitriles is 1. The van der Waals surface area contributed by atoms with Crippen molar-refractivity contribution in [2.75, 3.05) is 6.54 Å². The lowest BCUT2D eigenvalue weighted by molar-refractivity contribution is 0.0527. The van der Waals surface area contributed by atoms with Gasteiger partial charge in [0, 0.05) is 6.54 Å². The number of carbonyl (C=O) groups excluding carboxylic acids is 1. The molecule has 0 unspecified atom stereocenters. The third-order valence-corrected chi connectivity index (χ3v) is 1.03. The standard InChI is InChI=1S/C8H15N3O2/c1-8(2,3)13-7(12)11-5-6(10)4-9/h6H,5,10H2,1-3H3,(H,11,12)/t6-/m1/s1. The van der Waals surface area contributed by atoms with E-state index in [1.807, 2.05) is 0 Å². The van der Waals surface area contributed by atoms with Crippen molar-refractivity contribution in [3.8, 4) is 6.07 Å². The van der Waals surface area contributed by atoms with Gasteiger partial charge in [-0.3, -0.25) is 0 Å². The first-order valence-corrected chi connectivity index (χ1v) is 3.97. The minimum Gasteiger partial charge on any atom is -0.444 e. The number of nitrogens with zero attached hydrogens (tertiary/aromatic N) is 1. The van der Waals surface area contributed by atoms with Crippen molar-refractivity contribution in [3.05, 3.63) is 0 Å². The summed E-state index contributed by atoms with van der Waals surface area (Å²) in [4.78, 5) is 11.0. The largest absolute Gasteiger partial charge is 0.444 e. The van der Waals surface area contributed by atoms with Crippen LogP contribution < -0.4 is 11.1 Å². The van der Waals surface area contributed by atoms with E-state index in [1.165, 1.54) is 0 Å². The van der Waals surface area contributed by atoms with Gasteiger partial charge in [0.2, 0.25) is 0 Å². The summed E-state index contributed by atoms with van der Waals surface area (Å²) in [7, 11) is 0. The van der Waals surface area contributed by atoms with Gasteiger partial charge in [0.15, 0.2) is 0 Å². The second-order valence-electron chi connectivity index (χ2n) is 3.62. The predicted molar refractivity (Wildman–Crippen MR) is 47.8 cm³/mol. The Morgan fingerprint density at radius 3 is 2.62 bits per heavy atom. The molecule has 0 rings (SSSR count). The molecule has 1 amide bonds. The fourth-order valence-electron chi connectivity index (χ4n) is 0.553. The fourth-order valence-corrected chi connectivity index (χ4v) is 0.553. The zero-order chi connectivity index (χ0) is 10.5. The van der Waals surface area contributed by atoms with Crippen LogP contribution in [0.1, 0.15) is 20.8 Å². The average molecular weight is 185 g/mol. The second kappa shape index (κ2) is 4.67. The minimum absolute atomic E-state index is 0.103. The molecule has 1 atom stereocenters. The molecule has 3 N–H and O–H groups in total. The van der Waals surface area contributed by atoms with E-state index < -0.39 is 17.7 Å². The lowest BCUT2D eigenvalue weighted by Gasteiger charge is -2.19. The lowest BCUT2D eigenvalue weighted by atomic mass is 10.2. The number of hydrogen-bond donors (Lipinski definition) is 2. The Balaban J connectivity index is 3.72. The molecule has 0 aliphatic rings. The van der Waals surface area contributed by atoms with E-state index in [9.17, 15) is 4.79 Å². The van der Waals surface area contributed by atoms with Gasteiger partial charge in [-0.2, -0.15) is 5.26 Å². The van der Waals surface area contributed by atoms with Crippen molar-refractivity contribution in [2.24, 2.45) is 5.73 Å². The van der Waals surface area contributed by atoms with E-state index >= 15 is 0 Å². The fraction of sp³-hybridized carbons (Fsp3) is 0.750. The molecular weight excluding hydrogens is 170 g/mol. The van der Waals surface area contributed by atoms with Crippen molar-refractivity contribution in [1.82, 2.24) is 5.32 Å². The molecule has 74 valence electrons. The molecular formula is C8H15N3O2. The van der Waals surface area contributed by atoms with Gasteiger partial charge >= 0.3 is 6.09 Å². The van der Waals surface area contributed by atoms with Crippen LogP contribution in [0.3, 0.4) is 0 Å². The van der Waals surface area contributed by atoms with Gasteiger partial charge < -0.3 is 15.8 Å². The molecule has 0 aromatic rings. The molecule has 0 aromatic heterocycles. The van der Waals surface area contributed by atoms with E-state index in [0.717, 1.165) is 0 Å². The van der Waals surface area contributed by atoms with E-state index in [1.54, 1.807) is 26.8 Å². The minimum atomic E-state index is -0.687. The van der Waals surface area contributed by atoms with Crippen molar-refractivity contribution in [1.29, 1.82) is 5.26 Å². The summed E-state index contributed by atoms with van der Waals surface area (Å²) in [6.07, 6.45) is -0.557. The van der Waals surface area contributed by atoms with Crippen LogP contribution >= 0.6 is 0 Å². The Labute approximate surface area is 77.9 Å². The quantitative estimate of drug-likeness (QED) is 0.650. The Kier molecular flexibility index (Phi) is 4.21. The average Bonchev–Trinajstić information content (AvgIpc) is 1.97. The number of nitrogens with one attached hydrogen (secondary N) is 1. The highest BCUT2D eigenvalue weighted by molar-refractivity contribution is 5.67. The van der Waals surface area contributed by atoms with Crippen LogP contribution in [0.4, 0.5) is 4.79 Å². The number of rotatable bonds is 2. The summed E-state index contributed by atoms with van der Waals surface area (Å²) in [5.74, 6) is 0. The van der Waals surface area contributed by atoms with Gasteiger partial charge in [0.25, 0.3) is 0 Å². The van der Waals surface area contributed by atoms with Crippen LogP contribution in [-0.4, -0.2) is 24.3 Å². The van der Waals surface area contributed by atoms with Gasteiger partial charge in [-0.1, -0.05) is 0 Å². The first kappa shape index (κ1) is 11.7. The van der Waals surface area contributed by atoms with Gasteiger partial charge in [-0.25, -0.2) is 4.79 Å². The summed E-state index contributed by atoms with van der Waals surface area (Å²) in [5.41, 5.74) is 4.73. The summed E-state index contributed by atoms with van der Waals surface area (Å²) < 4.78 is 4.92. The monoisotopic (exact) mass is 185 g/mol. The Morgan fingerprint density at radius 1 is 1.69 bits per heavy atom. The maximum Gasteiger partial charge on any atom is 0.407 e. The van der Waals surface area contributed by atoms with Crippen molar-refractivity contribution in [2.45, 2.75) is 32.4 Å². The molecule has 0 spiro atoms. The predicted octanol–water partition coefficient (Wildman–Crippen LogP) is 0.362. The first-order valence-electron chi connectivity index (χ1n) is 3.97. The van der Waals surface area contributed by atoms with Gasteiger partial charge in [-0.05, 0) is 20.8 Å². The molecule has 0 aromatic carbocycles. The van der Waals surface area contributed by atoms with Crippen LogP contribution in [0.5, 0.6) is 0 Å². The zero-order valence-corrected chi connectivity index (χ0v) is 8.13. The summed E-state index contributed by atoms with van der Waals surface area (Å²) in [5, 5.41) is 10.7. The summed E-state index contributed by atoms with van der Waals surface area (Å²) in [6.45, 7) is 5.38. The molecule has 0 fully saturated rings. The molecule has 13 heavy (non-hydrogen) atoms. The number of hydrogen-bond acceptors (Lipinski definition) is 4. The van der Waals surface area contributed by atoms with E-state index in [0.29, 0.717) is 0 Å². The summed E-state index contributed by atoms with van der Waals surface area (Å²) in [6, 6.07) is 1.10. The smallest absolute Gasteiger partial charge is 0.407 e. The maximum atomic E-state index is 11.0. The molecule has 0 aliphatic heterocycles. The number of amides is 1. The van der Waals surface area contributed by atoms with E-state index in [-0.39, 0.29) is 6.54 Å². The molecule has 0 heterocycles. The third kappa shape index (κ3) is 7.09. The van der Waals surface area contributed by atoms with Crippen LogP contribution in [-0.2, 0) is 4.74 Å². The van der Waals surface area contributed by atoms with Gasteiger partial charge in [0.1, 0.15) is 11.6 Å². The molecule has 0 aliphatic carbocycles. The topological polar surface area (TPSA) is 88.1 Å². The normalized spacial score (nSPS) is 12.8. The van der Waals surface area contributed by atoms with Gasteiger partial charge in [0.05, 0.1) is 6.07 Å². The van der Waals surface area contributed by atoms with Gasteiger partial charge in [-0.15, -0.1) is 0 Å². The van der Waals surface area contributed by atoms with E-state index in [2.05, 4.69) is 5.32 Å². The Morgan fingerprint density at radius 2 is 2.23 bits per heavy atom. The highest BCUT2D eigenvalue weighted by Gasteiger charge is 2.16. The molecule has 0 saturated carbocycles. The van der Waals surface area contributed by atoms with Crippen LogP contribution in [0, 0.1) is 11.3 Å². The molecule has 0 bridgehead atoms. The third-order valence-electron chi connectivity index (χ3n) is 1.03. The number of alkyl carbamates (subject to hydrolysis) is 1. The molecule has 0 saturated heterocycles. The maximum absolute atomic E-state index is 11.0. The summed E-state index contributed by atoms with van der Waals surface area (Å²) >= 11 is 0. The SMILES string of the molecule is CC(C)(C)OC(=O)NC[C@H](N)C#N. The Hall–Kier alpha value is -1.28. The van der Waals surface area contributed by atoms with Crippen LogP contribution in [0.15, 0.2) is 0 Å². The number of carbonyl (C=O) groups is 1. The number of ether oxygens (including phenoxy) is 1. The zero-order valence-electron chi connectivity index (χ0n) is 8.13. The molecule has 5 heteroatoms. The second-order valence-corrected chi connectivity index (χ2v) is 3.62. The van der Waals surface area contributed by atoms with Crippen LogP contribution in [0.2, 0.25) is 0 Å². The van der Waals surface area contributed by atoms with Crippen molar-refractivity contribution >= 4 is 6.09 Å². The number of nitrogens with two attached hydrogens (primary N) is 1.